The van der Waals surface area contributed by atoms with E-state index in [-0.39, 0.29) is 35.5 Å². The predicted octanol–water partition coefficient (Wildman–Crippen LogP) is 1.96. The van der Waals surface area contributed by atoms with Crippen LogP contribution in [-0.4, -0.2) is 78.4 Å². The molecule has 0 saturated carbocycles. The molecule has 7 nitrogen and oxygen atoms in total. The fraction of sp³-hybridized carbons (Fsp3) is 0.591. The normalized spacial score (nSPS) is 22.1. The van der Waals surface area contributed by atoms with Crippen LogP contribution in [0.4, 0.5) is 9.18 Å². The minimum atomic E-state index is -0.319. The smallest absolute Gasteiger partial charge is 0.317 e. The van der Waals surface area contributed by atoms with Gasteiger partial charge >= 0.3 is 6.03 Å². The van der Waals surface area contributed by atoms with E-state index in [1.54, 1.807) is 27.7 Å². The zero-order chi connectivity index (χ0) is 21.8. The number of carbonyl (C=O) groups is 3. The minimum absolute atomic E-state index is 0.0221. The molecule has 30 heavy (non-hydrogen) atoms. The lowest BCUT2D eigenvalue weighted by Gasteiger charge is -2.41. The number of nitrogens with one attached hydrogen (secondary N) is 1. The molecule has 0 radical (unpaired) electrons. The maximum Gasteiger partial charge on any atom is 0.317 e. The molecule has 1 aromatic rings. The summed E-state index contributed by atoms with van der Waals surface area (Å²) in [6, 6.07) is 4.84. The van der Waals surface area contributed by atoms with E-state index < -0.39 is 0 Å². The molecule has 2 atom stereocenters. The van der Waals surface area contributed by atoms with Crippen molar-refractivity contribution in [3.05, 3.63) is 35.1 Å². The average Bonchev–Trinajstić information content (AvgIpc) is 2.75. The first-order valence-corrected chi connectivity index (χ1v) is 10.6. The molecular formula is C22H31FN4O3. The average molecular weight is 419 g/mol. The van der Waals surface area contributed by atoms with E-state index in [2.05, 4.69) is 5.32 Å². The Morgan fingerprint density at radius 3 is 2.33 bits per heavy atom. The van der Waals surface area contributed by atoms with Crippen molar-refractivity contribution in [2.24, 2.45) is 5.92 Å². The highest BCUT2D eigenvalue weighted by molar-refractivity contribution is 5.82. The number of aryl methyl sites for hydroxylation is 1. The van der Waals surface area contributed by atoms with Crippen molar-refractivity contribution in [2.45, 2.75) is 33.1 Å². The summed E-state index contributed by atoms with van der Waals surface area (Å²) >= 11 is 0. The quantitative estimate of drug-likeness (QED) is 0.816. The summed E-state index contributed by atoms with van der Waals surface area (Å²) in [6.07, 6.45) is 0.618. The van der Waals surface area contributed by atoms with Crippen molar-refractivity contribution in [3.8, 4) is 0 Å². The van der Waals surface area contributed by atoms with Gasteiger partial charge in [-0.2, -0.15) is 0 Å². The topological polar surface area (TPSA) is 73.0 Å². The summed E-state index contributed by atoms with van der Waals surface area (Å²) in [5.41, 5.74) is 1.51. The van der Waals surface area contributed by atoms with Crippen LogP contribution in [0.3, 0.4) is 0 Å². The van der Waals surface area contributed by atoms with Crippen LogP contribution in [0.25, 0.3) is 0 Å². The Hall–Kier alpha value is -2.64. The number of nitrogens with zero attached hydrogens (tertiary/aromatic N) is 3. The molecule has 4 amide bonds. The fourth-order valence-corrected chi connectivity index (χ4v) is 4.37. The van der Waals surface area contributed by atoms with Crippen LogP contribution in [0, 0.1) is 18.7 Å². The standard InChI is InChI=1S/C22H31FN4O3/c1-4-24-22(30)27-13-18(17-5-6-20(23)15(2)11-17)12-19(14-27)21(29)26-9-7-25(8-10-26)16(3)28/h5-6,11,18-19H,4,7-10,12-14H2,1-3H3,(H,24,30). The van der Waals surface area contributed by atoms with Crippen LogP contribution in [0.2, 0.25) is 0 Å². The van der Waals surface area contributed by atoms with Gasteiger partial charge in [-0.1, -0.05) is 12.1 Å². The Morgan fingerprint density at radius 2 is 1.73 bits per heavy atom. The molecular weight excluding hydrogens is 387 g/mol. The van der Waals surface area contributed by atoms with Gasteiger partial charge in [0.05, 0.1) is 5.92 Å². The van der Waals surface area contributed by atoms with Crippen molar-refractivity contribution < 1.29 is 18.8 Å². The number of halogens is 1. The third kappa shape index (κ3) is 4.91. The van der Waals surface area contributed by atoms with E-state index in [1.165, 1.54) is 13.0 Å². The van der Waals surface area contributed by atoms with Gasteiger partial charge < -0.3 is 20.0 Å². The Bertz CT molecular complexity index is 808. The maximum absolute atomic E-state index is 13.7. The van der Waals surface area contributed by atoms with E-state index in [0.717, 1.165) is 5.56 Å². The van der Waals surface area contributed by atoms with Crippen LogP contribution in [0.15, 0.2) is 18.2 Å². The third-order valence-corrected chi connectivity index (χ3v) is 6.11. The van der Waals surface area contributed by atoms with Crippen LogP contribution in [-0.2, 0) is 9.59 Å². The molecule has 0 aliphatic carbocycles. The Kier molecular flexibility index (Phi) is 6.95. The van der Waals surface area contributed by atoms with Crippen molar-refractivity contribution in [1.29, 1.82) is 0 Å². The SMILES string of the molecule is CCNC(=O)N1CC(C(=O)N2CCN(C(C)=O)CC2)CC(c2ccc(F)c(C)c2)C1. The molecule has 2 saturated heterocycles. The van der Waals surface area contributed by atoms with Gasteiger partial charge in [-0.05, 0) is 37.5 Å². The van der Waals surface area contributed by atoms with Crippen LogP contribution in [0.5, 0.6) is 0 Å². The number of hydrogen-bond acceptors (Lipinski definition) is 3. The van der Waals surface area contributed by atoms with Gasteiger partial charge in [0.1, 0.15) is 5.82 Å². The number of piperidine rings is 1. The molecule has 0 spiro atoms. The Labute approximate surface area is 177 Å². The number of rotatable bonds is 3. The molecule has 2 unspecified atom stereocenters. The summed E-state index contributed by atoms with van der Waals surface area (Å²) in [6.45, 7) is 8.60. The molecule has 0 bridgehead atoms. The summed E-state index contributed by atoms with van der Waals surface area (Å²) in [7, 11) is 0. The molecule has 1 N–H and O–H groups in total. The summed E-state index contributed by atoms with van der Waals surface area (Å²) in [5, 5.41) is 2.82. The molecule has 2 fully saturated rings. The lowest BCUT2D eigenvalue weighted by Crippen LogP contribution is -2.55. The van der Waals surface area contributed by atoms with Gasteiger partial charge in [0.25, 0.3) is 0 Å². The van der Waals surface area contributed by atoms with Crippen LogP contribution >= 0.6 is 0 Å². The zero-order valence-corrected chi connectivity index (χ0v) is 18.0. The second-order valence-electron chi connectivity index (χ2n) is 8.21. The number of benzene rings is 1. The molecule has 0 aromatic heterocycles. The minimum Gasteiger partial charge on any atom is -0.339 e. The second-order valence-corrected chi connectivity index (χ2v) is 8.21. The molecule has 1 aromatic carbocycles. The van der Waals surface area contributed by atoms with Crippen LogP contribution in [0.1, 0.15) is 37.3 Å². The number of amides is 4. The number of likely N-dealkylation sites (tertiary alicyclic amines) is 1. The first kappa shape index (κ1) is 22.1. The van der Waals surface area contributed by atoms with Gasteiger partial charge in [0.15, 0.2) is 0 Å². The Morgan fingerprint density at radius 1 is 1.07 bits per heavy atom. The summed E-state index contributed by atoms with van der Waals surface area (Å²) < 4.78 is 13.7. The lowest BCUT2D eigenvalue weighted by atomic mass is 9.83. The zero-order valence-electron chi connectivity index (χ0n) is 18.0. The van der Waals surface area contributed by atoms with E-state index >= 15 is 0 Å². The van der Waals surface area contributed by atoms with Crippen molar-refractivity contribution in [2.75, 3.05) is 45.8 Å². The second kappa shape index (κ2) is 9.45. The van der Waals surface area contributed by atoms with E-state index in [4.69, 9.17) is 0 Å². The maximum atomic E-state index is 13.7. The molecule has 2 heterocycles. The monoisotopic (exact) mass is 418 g/mol. The summed E-state index contributed by atoms with van der Waals surface area (Å²) in [5.74, 6) is -0.565. The molecule has 3 rings (SSSR count). The van der Waals surface area contributed by atoms with Crippen LogP contribution < -0.4 is 5.32 Å². The summed E-state index contributed by atoms with van der Waals surface area (Å²) in [4.78, 5) is 42.6. The number of hydrogen-bond donors (Lipinski definition) is 1. The highest BCUT2D eigenvalue weighted by atomic mass is 19.1. The number of carbonyl (C=O) groups excluding carboxylic acids is 3. The van der Waals surface area contributed by atoms with E-state index in [9.17, 15) is 18.8 Å². The number of piperazine rings is 1. The lowest BCUT2D eigenvalue weighted by molar-refractivity contribution is -0.142. The highest BCUT2D eigenvalue weighted by Gasteiger charge is 2.37. The molecule has 2 aliphatic rings. The first-order valence-electron chi connectivity index (χ1n) is 10.6. The van der Waals surface area contributed by atoms with Crippen molar-refractivity contribution in [1.82, 2.24) is 20.0 Å². The van der Waals surface area contributed by atoms with E-state index in [0.29, 0.717) is 57.8 Å². The van der Waals surface area contributed by atoms with Gasteiger partial charge in [-0.3, -0.25) is 9.59 Å². The van der Waals surface area contributed by atoms with Crippen molar-refractivity contribution in [3.63, 3.8) is 0 Å². The largest absolute Gasteiger partial charge is 0.339 e. The molecule has 164 valence electrons. The van der Waals surface area contributed by atoms with Crippen molar-refractivity contribution >= 4 is 17.8 Å². The first-order chi connectivity index (χ1) is 14.3. The molecule has 2 aliphatic heterocycles. The Balaban J connectivity index is 1.76. The fourth-order valence-electron chi connectivity index (χ4n) is 4.37. The number of urea groups is 1. The van der Waals surface area contributed by atoms with Gasteiger partial charge in [0, 0.05) is 58.7 Å². The third-order valence-electron chi connectivity index (χ3n) is 6.11. The van der Waals surface area contributed by atoms with Gasteiger partial charge in [-0.15, -0.1) is 0 Å². The van der Waals surface area contributed by atoms with Gasteiger partial charge in [-0.25, -0.2) is 9.18 Å². The van der Waals surface area contributed by atoms with E-state index in [1.807, 2.05) is 13.0 Å². The van der Waals surface area contributed by atoms with Gasteiger partial charge in [0.2, 0.25) is 11.8 Å². The highest BCUT2D eigenvalue weighted by Crippen LogP contribution is 2.32. The predicted molar refractivity (Wildman–Crippen MR) is 111 cm³/mol. The molecule has 8 heteroatoms.